The maximum atomic E-state index is 11.4. The fourth-order valence-electron chi connectivity index (χ4n) is 3.21. The second-order valence-electron chi connectivity index (χ2n) is 5.70. The average Bonchev–Trinajstić information content (AvgIpc) is 3.01. The second-order valence-corrected chi connectivity index (χ2v) is 5.70. The summed E-state index contributed by atoms with van der Waals surface area (Å²) in [5.41, 5.74) is 1.29. The van der Waals surface area contributed by atoms with Crippen molar-refractivity contribution in [2.24, 2.45) is 5.92 Å². The van der Waals surface area contributed by atoms with E-state index in [1.807, 2.05) is 18.2 Å². The Balaban J connectivity index is 1.99. The van der Waals surface area contributed by atoms with Gasteiger partial charge in [0.1, 0.15) is 5.58 Å². The summed E-state index contributed by atoms with van der Waals surface area (Å²) < 4.78 is 5.48. The molecule has 1 aromatic heterocycles. The highest BCUT2D eigenvalue weighted by molar-refractivity contribution is 5.95. The van der Waals surface area contributed by atoms with Crippen LogP contribution in [-0.4, -0.2) is 40.3 Å². The van der Waals surface area contributed by atoms with Gasteiger partial charge in [-0.3, -0.25) is 4.90 Å². The molecule has 0 amide bonds. The molecule has 2 heterocycles. The van der Waals surface area contributed by atoms with E-state index in [9.17, 15) is 15.0 Å². The topological polar surface area (TPSA) is 73.9 Å². The first-order chi connectivity index (χ1) is 10.1. The van der Waals surface area contributed by atoms with Crippen LogP contribution in [0.5, 0.6) is 0 Å². The van der Waals surface area contributed by atoms with Gasteiger partial charge in [0.2, 0.25) is 5.76 Å². The number of furan rings is 1. The molecular formula is C16H19NO4. The summed E-state index contributed by atoms with van der Waals surface area (Å²) in [7, 11) is 0. The van der Waals surface area contributed by atoms with Crippen LogP contribution in [0.1, 0.15) is 29.5 Å². The third-order valence-electron chi connectivity index (χ3n) is 4.44. The number of likely N-dealkylation sites (tertiary alicyclic amines) is 1. The molecule has 0 spiro atoms. The monoisotopic (exact) mass is 289 g/mol. The van der Waals surface area contributed by atoms with Gasteiger partial charge in [0.25, 0.3) is 0 Å². The lowest BCUT2D eigenvalue weighted by Crippen LogP contribution is -2.34. The molecule has 5 heteroatoms. The lowest BCUT2D eigenvalue weighted by molar-refractivity contribution is 0.0660. The molecule has 5 nitrogen and oxygen atoms in total. The van der Waals surface area contributed by atoms with Gasteiger partial charge in [0.15, 0.2) is 0 Å². The van der Waals surface area contributed by atoms with E-state index in [4.69, 9.17) is 4.42 Å². The van der Waals surface area contributed by atoms with Crippen LogP contribution in [0.25, 0.3) is 11.0 Å². The van der Waals surface area contributed by atoms with E-state index in [0.29, 0.717) is 23.6 Å². The molecule has 1 fully saturated rings. The van der Waals surface area contributed by atoms with Crippen LogP contribution < -0.4 is 0 Å². The Morgan fingerprint density at radius 3 is 2.90 bits per heavy atom. The molecule has 0 radical (unpaired) electrons. The van der Waals surface area contributed by atoms with Crippen molar-refractivity contribution in [2.45, 2.75) is 25.9 Å². The molecule has 1 aliphatic rings. The standard InChI is InChI=1S/C16H19NO4/c1-10-6-7-17(13(10)9-18)8-12-11-4-2-3-5-14(11)21-15(12)16(19)20/h2-5,10,13,18H,6-9H2,1H3,(H,19,20). The van der Waals surface area contributed by atoms with Crippen LogP contribution in [0, 0.1) is 5.92 Å². The number of rotatable bonds is 4. The fourth-order valence-corrected chi connectivity index (χ4v) is 3.21. The number of nitrogens with zero attached hydrogens (tertiary/aromatic N) is 1. The third kappa shape index (κ3) is 2.43. The minimum Gasteiger partial charge on any atom is -0.475 e. The van der Waals surface area contributed by atoms with Crippen molar-refractivity contribution in [3.8, 4) is 0 Å². The molecule has 0 bridgehead atoms. The van der Waals surface area contributed by atoms with E-state index in [1.165, 1.54) is 0 Å². The number of carbonyl (C=O) groups is 1. The lowest BCUT2D eigenvalue weighted by atomic mass is 10.0. The molecule has 1 aliphatic heterocycles. The van der Waals surface area contributed by atoms with Crippen molar-refractivity contribution < 1.29 is 19.4 Å². The number of para-hydroxylation sites is 1. The summed E-state index contributed by atoms with van der Waals surface area (Å²) in [4.78, 5) is 13.6. The number of benzene rings is 1. The second kappa shape index (κ2) is 5.50. The molecule has 21 heavy (non-hydrogen) atoms. The highest BCUT2D eigenvalue weighted by atomic mass is 16.4. The van der Waals surface area contributed by atoms with Gasteiger partial charge >= 0.3 is 5.97 Å². The van der Waals surface area contributed by atoms with E-state index >= 15 is 0 Å². The van der Waals surface area contributed by atoms with E-state index in [1.54, 1.807) is 6.07 Å². The van der Waals surface area contributed by atoms with Gasteiger partial charge in [-0.25, -0.2) is 4.79 Å². The van der Waals surface area contributed by atoms with Crippen molar-refractivity contribution >= 4 is 16.9 Å². The van der Waals surface area contributed by atoms with Crippen molar-refractivity contribution in [2.75, 3.05) is 13.2 Å². The minimum atomic E-state index is -1.05. The van der Waals surface area contributed by atoms with E-state index in [-0.39, 0.29) is 18.4 Å². The van der Waals surface area contributed by atoms with Crippen LogP contribution in [-0.2, 0) is 6.54 Å². The maximum Gasteiger partial charge on any atom is 0.372 e. The number of carboxylic acid groups (broad SMARTS) is 1. The number of aliphatic hydroxyl groups excluding tert-OH is 1. The first-order valence-corrected chi connectivity index (χ1v) is 7.20. The molecule has 112 valence electrons. The Morgan fingerprint density at radius 1 is 1.43 bits per heavy atom. The van der Waals surface area contributed by atoms with Gasteiger partial charge in [0.05, 0.1) is 6.61 Å². The van der Waals surface area contributed by atoms with Gasteiger partial charge in [-0.05, 0) is 24.9 Å². The Kier molecular flexibility index (Phi) is 3.69. The van der Waals surface area contributed by atoms with Crippen molar-refractivity contribution in [3.63, 3.8) is 0 Å². The molecular weight excluding hydrogens is 270 g/mol. The van der Waals surface area contributed by atoms with Crippen LogP contribution >= 0.6 is 0 Å². The van der Waals surface area contributed by atoms with Gasteiger partial charge in [-0.15, -0.1) is 0 Å². The maximum absolute atomic E-state index is 11.4. The Morgan fingerprint density at radius 2 is 2.19 bits per heavy atom. The Labute approximate surface area is 122 Å². The van der Waals surface area contributed by atoms with Gasteiger partial charge < -0.3 is 14.6 Å². The van der Waals surface area contributed by atoms with E-state index in [0.717, 1.165) is 18.4 Å². The third-order valence-corrected chi connectivity index (χ3v) is 4.44. The Hall–Kier alpha value is -1.85. The van der Waals surface area contributed by atoms with E-state index < -0.39 is 5.97 Å². The van der Waals surface area contributed by atoms with Crippen LogP contribution in [0.2, 0.25) is 0 Å². The number of aliphatic hydroxyl groups is 1. The SMILES string of the molecule is CC1CCN(Cc2c(C(=O)O)oc3ccccc23)C1CO. The van der Waals surface area contributed by atoms with Crippen molar-refractivity contribution in [3.05, 3.63) is 35.6 Å². The van der Waals surface area contributed by atoms with E-state index in [2.05, 4.69) is 11.8 Å². The molecule has 2 atom stereocenters. The zero-order valence-electron chi connectivity index (χ0n) is 12.0. The normalized spacial score (nSPS) is 23.0. The largest absolute Gasteiger partial charge is 0.475 e. The van der Waals surface area contributed by atoms with Gasteiger partial charge in [0, 0.05) is 23.5 Å². The molecule has 2 N–H and O–H groups in total. The number of carboxylic acids is 1. The molecule has 2 aromatic rings. The molecule has 0 saturated carbocycles. The summed E-state index contributed by atoms with van der Waals surface area (Å²) in [6.07, 6.45) is 1.02. The molecule has 1 saturated heterocycles. The summed E-state index contributed by atoms with van der Waals surface area (Å²) in [6.45, 7) is 3.57. The molecule has 0 aliphatic carbocycles. The Bertz CT molecular complexity index is 663. The predicted octanol–water partition coefficient (Wildman–Crippen LogP) is 2.33. The summed E-state index contributed by atoms with van der Waals surface area (Å²) in [6, 6.07) is 7.45. The van der Waals surface area contributed by atoms with Crippen LogP contribution in [0.15, 0.2) is 28.7 Å². The number of aromatic carboxylic acids is 1. The zero-order valence-corrected chi connectivity index (χ0v) is 12.0. The van der Waals surface area contributed by atoms with Crippen molar-refractivity contribution in [1.29, 1.82) is 0 Å². The predicted molar refractivity (Wildman–Crippen MR) is 78.2 cm³/mol. The van der Waals surface area contributed by atoms with Gasteiger partial charge in [-0.1, -0.05) is 25.1 Å². The smallest absolute Gasteiger partial charge is 0.372 e. The quantitative estimate of drug-likeness (QED) is 0.903. The minimum absolute atomic E-state index is 0.00689. The first kappa shape index (κ1) is 14.1. The fraction of sp³-hybridized carbons (Fsp3) is 0.438. The highest BCUT2D eigenvalue weighted by Crippen LogP contribution is 2.31. The lowest BCUT2D eigenvalue weighted by Gasteiger charge is -2.24. The number of hydrogen-bond donors (Lipinski definition) is 2. The summed E-state index contributed by atoms with van der Waals surface area (Å²) in [5, 5.41) is 19.7. The molecule has 2 unspecified atom stereocenters. The number of fused-ring (bicyclic) bond motifs is 1. The van der Waals surface area contributed by atoms with Crippen LogP contribution in [0.3, 0.4) is 0 Å². The summed E-state index contributed by atoms with van der Waals surface area (Å²) in [5.74, 6) is -0.622. The number of hydrogen-bond acceptors (Lipinski definition) is 4. The average molecular weight is 289 g/mol. The van der Waals surface area contributed by atoms with Crippen molar-refractivity contribution in [1.82, 2.24) is 4.90 Å². The molecule has 1 aromatic carbocycles. The summed E-state index contributed by atoms with van der Waals surface area (Å²) >= 11 is 0. The zero-order chi connectivity index (χ0) is 15.0. The van der Waals surface area contributed by atoms with Gasteiger partial charge in [-0.2, -0.15) is 0 Å². The molecule has 3 rings (SSSR count). The van der Waals surface area contributed by atoms with Crippen LogP contribution in [0.4, 0.5) is 0 Å². The first-order valence-electron chi connectivity index (χ1n) is 7.20. The highest BCUT2D eigenvalue weighted by Gasteiger charge is 2.32.